The number of hydrogen-bond acceptors (Lipinski definition) is 3. The predicted octanol–water partition coefficient (Wildman–Crippen LogP) is 1.91. The molecule has 2 N–H and O–H groups in total. The smallest absolute Gasteiger partial charge is 0.156 e. The van der Waals surface area contributed by atoms with Gasteiger partial charge in [-0.1, -0.05) is 34.1 Å². The third-order valence-electron chi connectivity index (χ3n) is 2.40. The predicted molar refractivity (Wildman–Crippen MR) is 61.5 cm³/mol. The van der Waals surface area contributed by atoms with Gasteiger partial charge in [0, 0.05) is 12.5 Å². The fourth-order valence-electron chi connectivity index (χ4n) is 1.48. The van der Waals surface area contributed by atoms with E-state index in [1.165, 1.54) is 0 Å². The second kappa shape index (κ2) is 4.31. The molecule has 1 heterocycles. The molecule has 1 unspecified atom stereocenters. The molecule has 0 saturated carbocycles. The molecule has 1 aromatic heterocycles. The van der Waals surface area contributed by atoms with Gasteiger partial charge in [-0.25, -0.2) is 4.98 Å². The molecule has 0 spiro atoms. The molecule has 0 aromatic carbocycles. The summed E-state index contributed by atoms with van der Waals surface area (Å²) < 4.78 is 1.81. The van der Waals surface area contributed by atoms with Gasteiger partial charge in [0.15, 0.2) is 5.82 Å². The molecule has 1 rings (SSSR count). The van der Waals surface area contributed by atoms with Crippen LogP contribution in [0.2, 0.25) is 0 Å². The standard InChI is InChI=1S/C11H22N4/c1-6-7-8(12)9-13-10(11(2,3)4)14-15(9)5/h8H,6-7,12H2,1-5H3. The van der Waals surface area contributed by atoms with Crippen molar-refractivity contribution in [3.63, 3.8) is 0 Å². The normalized spacial score (nSPS) is 14.3. The lowest BCUT2D eigenvalue weighted by atomic mass is 9.96. The van der Waals surface area contributed by atoms with E-state index in [9.17, 15) is 0 Å². The van der Waals surface area contributed by atoms with Gasteiger partial charge in [0.25, 0.3) is 0 Å². The highest BCUT2D eigenvalue weighted by Gasteiger charge is 2.22. The maximum atomic E-state index is 6.04. The van der Waals surface area contributed by atoms with Crippen molar-refractivity contribution in [3.8, 4) is 0 Å². The second-order valence-electron chi connectivity index (χ2n) is 5.06. The summed E-state index contributed by atoms with van der Waals surface area (Å²) in [6.07, 6.45) is 2.02. The van der Waals surface area contributed by atoms with Crippen molar-refractivity contribution >= 4 is 0 Å². The number of rotatable bonds is 3. The molecule has 4 heteroatoms. The topological polar surface area (TPSA) is 56.7 Å². The van der Waals surface area contributed by atoms with Gasteiger partial charge in [0.05, 0.1) is 6.04 Å². The fraction of sp³-hybridized carbons (Fsp3) is 0.818. The summed E-state index contributed by atoms with van der Waals surface area (Å²) >= 11 is 0. The van der Waals surface area contributed by atoms with E-state index in [2.05, 4.69) is 37.8 Å². The minimum absolute atomic E-state index is 0.00333. The lowest BCUT2D eigenvalue weighted by molar-refractivity contribution is 0.537. The molecule has 4 nitrogen and oxygen atoms in total. The van der Waals surface area contributed by atoms with Crippen LogP contribution in [0.3, 0.4) is 0 Å². The fourth-order valence-corrected chi connectivity index (χ4v) is 1.48. The van der Waals surface area contributed by atoms with Crippen LogP contribution < -0.4 is 5.73 Å². The highest BCUT2D eigenvalue weighted by Crippen LogP contribution is 2.21. The first kappa shape index (κ1) is 12.2. The van der Waals surface area contributed by atoms with Crippen LogP contribution in [0.5, 0.6) is 0 Å². The van der Waals surface area contributed by atoms with Crippen molar-refractivity contribution in [1.82, 2.24) is 14.8 Å². The van der Waals surface area contributed by atoms with E-state index in [-0.39, 0.29) is 11.5 Å². The zero-order valence-electron chi connectivity index (χ0n) is 10.4. The molecule has 0 amide bonds. The van der Waals surface area contributed by atoms with Crippen molar-refractivity contribution in [2.45, 2.75) is 52.0 Å². The van der Waals surface area contributed by atoms with Crippen molar-refractivity contribution in [2.75, 3.05) is 0 Å². The summed E-state index contributed by atoms with van der Waals surface area (Å²) in [7, 11) is 1.91. The molecular formula is C11H22N4. The summed E-state index contributed by atoms with van der Waals surface area (Å²) in [5.74, 6) is 1.76. The molecule has 86 valence electrons. The van der Waals surface area contributed by atoms with Gasteiger partial charge < -0.3 is 5.73 Å². The van der Waals surface area contributed by atoms with Crippen LogP contribution in [-0.4, -0.2) is 14.8 Å². The first-order valence-corrected chi connectivity index (χ1v) is 5.53. The van der Waals surface area contributed by atoms with Crippen molar-refractivity contribution in [1.29, 1.82) is 0 Å². The highest BCUT2D eigenvalue weighted by atomic mass is 15.3. The molecule has 0 aliphatic carbocycles. The Morgan fingerprint density at radius 1 is 1.40 bits per heavy atom. The van der Waals surface area contributed by atoms with Gasteiger partial charge in [0.2, 0.25) is 0 Å². The second-order valence-corrected chi connectivity index (χ2v) is 5.06. The van der Waals surface area contributed by atoms with E-state index in [0.29, 0.717) is 0 Å². The third kappa shape index (κ3) is 2.78. The Balaban J connectivity index is 2.96. The first-order valence-electron chi connectivity index (χ1n) is 5.53. The van der Waals surface area contributed by atoms with Crippen LogP contribution in [-0.2, 0) is 12.5 Å². The SMILES string of the molecule is CCCC(N)c1nc(C(C)(C)C)nn1C. The minimum atomic E-state index is -0.0120. The molecule has 15 heavy (non-hydrogen) atoms. The van der Waals surface area contributed by atoms with Crippen LogP contribution in [0.1, 0.15) is 58.2 Å². The first-order chi connectivity index (χ1) is 6.86. The average Bonchev–Trinajstić information content (AvgIpc) is 2.47. The lowest BCUT2D eigenvalue weighted by Crippen LogP contribution is -2.15. The van der Waals surface area contributed by atoms with Crippen LogP contribution in [0.25, 0.3) is 0 Å². The Morgan fingerprint density at radius 3 is 2.40 bits per heavy atom. The van der Waals surface area contributed by atoms with Crippen molar-refractivity contribution in [3.05, 3.63) is 11.6 Å². The molecule has 0 radical (unpaired) electrons. The van der Waals surface area contributed by atoms with Gasteiger partial charge in [-0.05, 0) is 6.42 Å². The summed E-state index contributed by atoms with van der Waals surface area (Å²) in [5.41, 5.74) is 6.03. The van der Waals surface area contributed by atoms with Crippen LogP contribution in [0, 0.1) is 0 Å². The summed E-state index contributed by atoms with van der Waals surface area (Å²) in [6.45, 7) is 8.45. The molecule has 1 atom stereocenters. The van der Waals surface area contributed by atoms with E-state index in [1.807, 2.05) is 7.05 Å². The van der Waals surface area contributed by atoms with Crippen LogP contribution in [0.15, 0.2) is 0 Å². The molecule has 0 saturated heterocycles. The Bertz CT molecular complexity index is 322. The zero-order valence-corrected chi connectivity index (χ0v) is 10.4. The maximum absolute atomic E-state index is 6.04. The van der Waals surface area contributed by atoms with Gasteiger partial charge in [-0.2, -0.15) is 5.10 Å². The van der Waals surface area contributed by atoms with E-state index < -0.39 is 0 Å². The Morgan fingerprint density at radius 2 is 2.00 bits per heavy atom. The molecular weight excluding hydrogens is 188 g/mol. The quantitative estimate of drug-likeness (QED) is 0.829. The number of aromatic nitrogens is 3. The van der Waals surface area contributed by atoms with E-state index in [1.54, 1.807) is 4.68 Å². The van der Waals surface area contributed by atoms with E-state index in [4.69, 9.17) is 5.73 Å². The Hall–Kier alpha value is -0.900. The summed E-state index contributed by atoms with van der Waals surface area (Å²) in [5, 5.41) is 4.41. The molecule has 0 bridgehead atoms. The Kier molecular flexibility index (Phi) is 3.50. The molecule has 0 aliphatic heterocycles. The monoisotopic (exact) mass is 210 g/mol. The van der Waals surface area contributed by atoms with Gasteiger partial charge in [0.1, 0.15) is 5.82 Å². The van der Waals surface area contributed by atoms with Gasteiger partial charge in [-0.15, -0.1) is 0 Å². The summed E-state index contributed by atoms with van der Waals surface area (Å²) in [6, 6.07) is 0.00333. The third-order valence-corrected chi connectivity index (χ3v) is 2.40. The zero-order chi connectivity index (χ0) is 11.6. The minimum Gasteiger partial charge on any atom is -0.321 e. The Labute approximate surface area is 91.9 Å². The lowest BCUT2D eigenvalue weighted by Gasteiger charge is -2.12. The van der Waals surface area contributed by atoms with E-state index in [0.717, 1.165) is 24.5 Å². The number of aryl methyl sites for hydroxylation is 1. The average molecular weight is 210 g/mol. The van der Waals surface area contributed by atoms with Crippen LogP contribution >= 0.6 is 0 Å². The largest absolute Gasteiger partial charge is 0.321 e. The van der Waals surface area contributed by atoms with Crippen LogP contribution in [0.4, 0.5) is 0 Å². The number of nitrogens with two attached hydrogens (primary N) is 1. The maximum Gasteiger partial charge on any atom is 0.156 e. The van der Waals surface area contributed by atoms with Gasteiger partial charge >= 0.3 is 0 Å². The highest BCUT2D eigenvalue weighted by molar-refractivity contribution is 5.05. The molecule has 1 aromatic rings. The number of nitrogens with zero attached hydrogens (tertiary/aromatic N) is 3. The van der Waals surface area contributed by atoms with E-state index >= 15 is 0 Å². The molecule has 0 fully saturated rings. The summed E-state index contributed by atoms with van der Waals surface area (Å²) in [4.78, 5) is 4.53. The van der Waals surface area contributed by atoms with Gasteiger partial charge in [-0.3, -0.25) is 4.68 Å². The number of hydrogen-bond donors (Lipinski definition) is 1. The van der Waals surface area contributed by atoms with Crippen molar-refractivity contribution < 1.29 is 0 Å². The van der Waals surface area contributed by atoms with Crippen molar-refractivity contribution in [2.24, 2.45) is 12.8 Å². The molecule has 0 aliphatic rings.